The maximum absolute atomic E-state index is 15.5. The number of likely N-dealkylation sites (N-methyl/N-ethyl adjacent to an activating group) is 7. The molecule has 7 rings (SSSR count). The summed E-state index contributed by atoms with van der Waals surface area (Å²) in [5.74, 6) is -13.6. The van der Waals surface area contributed by atoms with Crippen LogP contribution in [0, 0.1) is 29.4 Å². The monoisotopic (exact) mass is 1470 g/mol. The first-order valence-corrected chi connectivity index (χ1v) is 37.6. The standard InChI is InChI=1S/C72H107F5N12O13S/c1-13-43(3)60-68(99)83(7)41-58(92)84(8)51-28-19-16-22-33-88(67(51)98)54(36-44-24-17-15-18-25-44)66(97)82(6)40-56(90)78-50(30-29-45-34-48(73)59(49(74)35-45)72(75,76)77)64(95)89-39-47(102-14-2)37-52(89)63(94)80-71(31-23-32-71)70(101)87(11)61(46-26-20-21-27-46)69(100)86(10)53(65(96)81(4)5)38-57(91)85(9)55(42-103-12)62(93)79-60/h16,19,34-35,43-44,46-47,50-55,60-61H,13-15,17-18,20-33,36-42H2,1-12H3,(H,78,90)(H,79,93)(H,80,94)/b19-16-/t43-,47+,50-,51-,52-,53-,54-,55-,60-,61-/m0/s1. The number of thioether (sulfide) groups is 1. The number of alkyl halides is 3. The number of aryl methyl sites for hydroxylation is 1. The Hall–Kier alpha value is -7.44. The lowest BCUT2D eigenvalue weighted by atomic mass is 9.74. The molecule has 1 aromatic carbocycles. The second-order valence-corrected chi connectivity index (χ2v) is 30.1. The van der Waals surface area contributed by atoms with Crippen LogP contribution in [-0.2, 0) is 74.9 Å². The minimum atomic E-state index is -5.40. The zero-order valence-electron chi connectivity index (χ0n) is 61.8. The molecule has 2 bridgehead atoms. The van der Waals surface area contributed by atoms with E-state index in [1.165, 1.54) is 87.7 Å². The molecule has 3 heterocycles. The number of carbonyl (C=O) groups excluding carboxylic acids is 12. The number of carbonyl (C=O) groups is 12. The topological polar surface area (TPSA) is 279 Å². The molecule has 25 nitrogen and oxygen atoms in total. The van der Waals surface area contributed by atoms with Crippen molar-refractivity contribution >= 4 is 82.6 Å². The summed E-state index contributed by atoms with van der Waals surface area (Å²) in [5.41, 5.74) is -4.12. The number of ether oxygens (including phenoxy) is 1. The third-order valence-electron chi connectivity index (χ3n) is 21.9. The highest BCUT2D eigenvalue weighted by Gasteiger charge is 2.54. The summed E-state index contributed by atoms with van der Waals surface area (Å²) in [5, 5.41) is 8.45. The Morgan fingerprint density at radius 1 is 0.709 bits per heavy atom. The van der Waals surface area contributed by atoms with E-state index in [1.807, 2.05) is 13.0 Å². The van der Waals surface area contributed by atoms with Crippen LogP contribution in [0.15, 0.2) is 24.3 Å². The lowest BCUT2D eigenvalue weighted by Gasteiger charge is -2.46. The molecule has 574 valence electrons. The first kappa shape index (κ1) is 82.8. The summed E-state index contributed by atoms with van der Waals surface area (Å²) >= 11 is 1.23. The SMILES string of the molecule is CCO[C@@H]1C[C@H]2C(=O)NC3(CCC3)C(=O)N(C)[C@@H](C3CCCC3)C(=O)N(C)[C@H](C(=O)N(C)C)CC(=O)N(C)[C@@H](CSC)C(=O)N[C@@H]([C@@H](C)CC)C(=O)N(C)CC(=O)N(C)[C@H]3C/C=C\CCN(C3=O)[C@@H](CC3CCCCC3)C(=O)N(C)CC(=O)N[C@@H](CCc3cc(F)c(C(F)(F)F)c(F)c3)C(=O)N2C1. The Morgan fingerprint density at radius 3 is 1.92 bits per heavy atom. The lowest BCUT2D eigenvalue weighted by molar-refractivity contribution is -0.157. The molecule has 2 saturated heterocycles. The van der Waals surface area contributed by atoms with E-state index in [1.54, 1.807) is 26.2 Å². The molecule has 12 amide bonds. The van der Waals surface area contributed by atoms with E-state index in [0.29, 0.717) is 57.1 Å². The van der Waals surface area contributed by atoms with Crippen LogP contribution in [-0.4, -0.2) is 276 Å². The fourth-order valence-electron chi connectivity index (χ4n) is 15.4. The van der Waals surface area contributed by atoms with Gasteiger partial charge >= 0.3 is 6.18 Å². The third kappa shape index (κ3) is 19.9. The molecule has 10 atom stereocenters. The maximum Gasteiger partial charge on any atom is 0.422 e. The van der Waals surface area contributed by atoms with E-state index in [2.05, 4.69) is 16.0 Å². The van der Waals surface area contributed by atoms with Gasteiger partial charge in [-0.3, -0.25) is 57.5 Å². The van der Waals surface area contributed by atoms with Crippen LogP contribution in [0.5, 0.6) is 0 Å². The van der Waals surface area contributed by atoms with Gasteiger partial charge in [0, 0.05) is 88.3 Å². The molecule has 31 heteroatoms. The van der Waals surface area contributed by atoms with E-state index in [0.717, 1.165) is 56.6 Å². The predicted octanol–water partition coefficient (Wildman–Crippen LogP) is 4.76. The third-order valence-corrected chi connectivity index (χ3v) is 22.6. The number of halogens is 5. The molecule has 1 aromatic rings. The van der Waals surface area contributed by atoms with Crippen LogP contribution in [0.4, 0.5) is 22.0 Å². The Bertz CT molecular complexity index is 3270. The molecule has 3 saturated carbocycles. The van der Waals surface area contributed by atoms with Crippen molar-refractivity contribution in [2.24, 2.45) is 17.8 Å². The highest BCUT2D eigenvalue weighted by molar-refractivity contribution is 7.98. The van der Waals surface area contributed by atoms with Crippen molar-refractivity contribution in [2.75, 3.05) is 101 Å². The molecule has 6 aliphatic rings. The number of nitrogens with zero attached hydrogens (tertiary/aromatic N) is 9. The molecule has 3 N–H and O–H groups in total. The summed E-state index contributed by atoms with van der Waals surface area (Å²) in [6.45, 7) is 3.77. The minimum Gasteiger partial charge on any atom is -0.377 e. The molecule has 103 heavy (non-hydrogen) atoms. The summed E-state index contributed by atoms with van der Waals surface area (Å²) in [6.07, 6.45) is 5.23. The zero-order chi connectivity index (χ0) is 76.1. The Kier molecular flexibility index (Phi) is 29.4. The molecule has 0 unspecified atom stereocenters. The molecular formula is C72H107F5N12O13S. The number of benzene rings is 1. The van der Waals surface area contributed by atoms with Gasteiger partial charge in [-0.1, -0.05) is 77.4 Å². The number of fused-ring (bicyclic) bond motifs is 3. The molecule has 3 aliphatic heterocycles. The summed E-state index contributed by atoms with van der Waals surface area (Å²) in [6, 6.07) is -9.82. The Morgan fingerprint density at radius 2 is 1.34 bits per heavy atom. The van der Waals surface area contributed by atoms with Gasteiger partial charge in [0.05, 0.1) is 25.6 Å². The molecular weight excluding hydrogens is 1370 g/mol. The summed E-state index contributed by atoms with van der Waals surface area (Å²) < 4.78 is 77.9. The van der Waals surface area contributed by atoms with Crippen molar-refractivity contribution in [3.63, 3.8) is 0 Å². The van der Waals surface area contributed by atoms with Crippen LogP contribution in [0.25, 0.3) is 0 Å². The minimum absolute atomic E-state index is 0.00638. The van der Waals surface area contributed by atoms with Gasteiger partial charge in [-0.05, 0) is 113 Å². The van der Waals surface area contributed by atoms with E-state index >= 15 is 37.5 Å². The molecule has 0 aromatic heterocycles. The number of nitrogens with one attached hydrogen (secondary N) is 3. The van der Waals surface area contributed by atoms with Gasteiger partial charge < -0.3 is 64.8 Å². The van der Waals surface area contributed by atoms with Gasteiger partial charge in [0.15, 0.2) is 0 Å². The van der Waals surface area contributed by atoms with Gasteiger partial charge in [-0.15, -0.1) is 0 Å². The number of hydrogen-bond donors (Lipinski definition) is 3. The van der Waals surface area contributed by atoms with Crippen LogP contribution in [0.1, 0.15) is 154 Å². The van der Waals surface area contributed by atoms with Crippen molar-refractivity contribution < 1.29 is 84.2 Å². The van der Waals surface area contributed by atoms with Gasteiger partial charge in [0.1, 0.15) is 71.1 Å². The van der Waals surface area contributed by atoms with Crippen LogP contribution in [0.2, 0.25) is 0 Å². The second-order valence-electron chi connectivity index (χ2n) is 29.2. The van der Waals surface area contributed by atoms with Crippen LogP contribution >= 0.6 is 11.8 Å². The van der Waals surface area contributed by atoms with E-state index in [9.17, 15) is 41.9 Å². The van der Waals surface area contributed by atoms with Crippen molar-refractivity contribution in [1.29, 1.82) is 0 Å². The quantitative estimate of drug-likeness (QED) is 0.177. The van der Waals surface area contributed by atoms with Crippen molar-refractivity contribution in [3.05, 3.63) is 47.0 Å². The molecule has 5 fully saturated rings. The number of hydrogen-bond acceptors (Lipinski definition) is 14. The van der Waals surface area contributed by atoms with E-state index in [4.69, 9.17) is 4.74 Å². The predicted molar refractivity (Wildman–Crippen MR) is 373 cm³/mol. The van der Waals surface area contributed by atoms with Gasteiger partial charge in [-0.25, -0.2) is 8.78 Å². The average Bonchev–Trinajstić information content (AvgIpc) is 1.72. The second kappa shape index (κ2) is 36.5. The fraction of sp³-hybridized carbons (Fsp3) is 0.722. The van der Waals surface area contributed by atoms with Gasteiger partial charge in [0.2, 0.25) is 70.9 Å². The fourth-order valence-corrected chi connectivity index (χ4v) is 16.1. The highest BCUT2D eigenvalue weighted by Crippen LogP contribution is 2.40. The smallest absolute Gasteiger partial charge is 0.377 e. The van der Waals surface area contributed by atoms with E-state index < -0.39 is 198 Å². The molecule has 3 aliphatic carbocycles. The van der Waals surface area contributed by atoms with Crippen molar-refractivity contribution in [3.8, 4) is 0 Å². The number of rotatable bonds is 13. The maximum atomic E-state index is 15.5. The first-order valence-electron chi connectivity index (χ1n) is 36.2. The molecule has 1 spiro atoms. The highest BCUT2D eigenvalue weighted by atomic mass is 32.2. The average molecular weight is 1480 g/mol. The number of amides is 12. The van der Waals surface area contributed by atoms with Crippen molar-refractivity contribution in [1.82, 2.24) is 60.0 Å². The Labute approximate surface area is 605 Å². The summed E-state index contributed by atoms with van der Waals surface area (Å²) in [4.78, 5) is 191. The largest absolute Gasteiger partial charge is 0.422 e. The van der Waals surface area contributed by atoms with E-state index in [-0.39, 0.29) is 69.0 Å². The summed E-state index contributed by atoms with van der Waals surface area (Å²) in [7, 11) is 11.2. The Balaban J connectivity index is 1.32. The van der Waals surface area contributed by atoms with Crippen molar-refractivity contribution in [2.45, 2.75) is 215 Å². The zero-order valence-corrected chi connectivity index (χ0v) is 62.6. The normalized spacial score (nSPS) is 27.7. The van der Waals surface area contributed by atoms with Crippen LogP contribution < -0.4 is 16.0 Å². The lowest BCUT2D eigenvalue weighted by Crippen LogP contribution is -2.68. The van der Waals surface area contributed by atoms with Crippen LogP contribution in [0.3, 0.4) is 0 Å². The first-order chi connectivity index (χ1) is 48.6. The molecule has 0 radical (unpaired) electrons. The van der Waals surface area contributed by atoms with Gasteiger partial charge in [0.25, 0.3) is 0 Å². The van der Waals surface area contributed by atoms with Gasteiger partial charge in [-0.2, -0.15) is 24.9 Å².